The van der Waals surface area contributed by atoms with Crippen molar-refractivity contribution in [3.8, 4) is 0 Å². The van der Waals surface area contributed by atoms with E-state index >= 15 is 0 Å². The van der Waals surface area contributed by atoms with Crippen molar-refractivity contribution in [2.24, 2.45) is 17.8 Å². The number of hydrogen-bond acceptors (Lipinski definition) is 8. The minimum absolute atomic E-state index is 0.0331. The summed E-state index contributed by atoms with van der Waals surface area (Å²) in [4.78, 5) is 59.9. The topological polar surface area (TPSA) is 135 Å². The Morgan fingerprint density at radius 2 is 1.85 bits per heavy atom. The lowest BCUT2D eigenvalue weighted by Crippen LogP contribution is -2.60. The average molecular weight is 801 g/mol. The van der Waals surface area contributed by atoms with Crippen LogP contribution in [0.25, 0.3) is 0 Å². The van der Waals surface area contributed by atoms with E-state index in [-0.39, 0.29) is 37.8 Å². The Labute approximate surface area is 318 Å². The van der Waals surface area contributed by atoms with E-state index in [1.54, 1.807) is 60.7 Å². The van der Waals surface area contributed by atoms with Crippen molar-refractivity contribution in [2.75, 3.05) is 31.8 Å². The number of rotatable bonds is 17. The van der Waals surface area contributed by atoms with Crippen molar-refractivity contribution in [3.63, 3.8) is 0 Å². The number of ether oxygens (including phenoxy) is 3. The van der Waals surface area contributed by atoms with Crippen molar-refractivity contribution in [1.82, 2.24) is 10.2 Å². The zero-order valence-electron chi connectivity index (χ0n) is 29.7. The number of carbonyl (C=O) groups excluding carboxylic acids is 4. The van der Waals surface area contributed by atoms with Crippen LogP contribution in [0.4, 0.5) is 5.69 Å². The lowest BCUT2D eigenvalue weighted by molar-refractivity contribution is -0.163. The molecule has 2 N–H and O–H groups in total. The number of esters is 1. The number of hydrogen-bond donors (Lipinski definition) is 2. The molecule has 3 aliphatic heterocycles. The Kier molecular flexibility index (Phi) is 13.0. The molecule has 2 aromatic rings. The summed E-state index contributed by atoms with van der Waals surface area (Å²) in [6.45, 7) is 11.0. The molecule has 3 saturated heterocycles. The summed E-state index contributed by atoms with van der Waals surface area (Å²) in [5.74, 6) is -4.31. The van der Waals surface area contributed by atoms with Gasteiger partial charge in [0.05, 0.1) is 43.2 Å². The van der Waals surface area contributed by atoms with Gasteiger partial charge in [-0.05, 0) is 48.6 Å². The van der Waals surface area contributed by atoms with Crippen LogP contribution in [0.15, 0.2) is 79.9 Å². The van der Waals surface area contributed by atoms with Crippen LogP contribution < -0.4 is 10.2 Å². The van der Waals surface area contributed by atoms with Crippen LogP contribution in [0, 0.1) is 17.8 Å². The number of carbonyl (C=O) groups is 4. The zero-order chi connectivity index (χ0) is 37.7. The molecule has 1 spiro atoms. The zero-order valence-corrected chi connectivity index (χ0v) is 32.0. The summed E-state index contributed by atoms with van der Waals surface area (Å²) in [5, 5.41) is 14.1. The van der Waals surface area contributed by atoms with Crippen LogP contribution in [-0.4, -0.2) is 95.2 Å². The first-order valence-electron chi connectivity index (χ1n) is 17.5. The number of fused-ring (bicyclic) bond motifs is 1. The van der Waals surface area contributed by atoms with E-state index in [1.807, 2.05) is 19.9 Å². The highest BCUT2D eigenvalue weighted by Crippen LogP contribution is 2.61. The predicted octanol–water partition coefficient (Wildman–Crippen LogP) is 5.01. The first-order valence-corrected chi connectivity index (χ1v) is 18.8. The van der Waals surface area contributed by atoms with Gasteiger partial charge >= 0.3 is 5.97 Å². The molecule has 0 aliphatic carbocycles. The molecule has 0 saturated carbocycles. The Morgan fingerprint density at radius 1 is 1.15 bits per heavy atom. The van der Waals surface area contributed by atoms with Crippen molar-refractivity contribution in [1.29, 1.82) is 0 Å². The van der Waals surface area contributed by atoms with Gasteiger partial charge in [0.1, 0.15) is 17.7 Å². The number of alkyl halides is 1. The summed E-state index contributed by atoms with van der Waals surface area (Å²) in [7, 11) is 1.49. The number of halogens is 2. The van der Waals surface area contributed by atoms with E-state index in [9.17, 15) is 24.3 Å². The number of likely N-dealkylation sites (tertiary alicyclic amines) is 1. The van der Waals surface area contributed by atoms with E-state index in [0.717, 1.165) is 0 Å². The molecule has 11 nitrogen and oxygen atoms in total. The van der Waals surface area contributed by atoms with Gasteiger partial charge in [0, 0.05) is 35.6 Å². The highest BCUT2D eigenvalue weighted by molar-refractivity contribution is 9.09. The smallest absolute Gasteiger partial charge is 0.313 e. The summed E-state index contributed by atoms with van der Waals surface area (Å²) >= 11 is 9.90. The standard InChI is InChI=1S/C39H47BrClN3O8/c1-6-8-14-30(46)42-28(22-50-5)33(24-12-10-9-11-13-24)51-38(49)31-32-36(47)44(29(21-45)23(3)4)35(39(32)20-27(40)34(31)52-39)37(48)43(19-7-2)26-17-15-25(41)16-18-26/h6-7,9-13,15-18,23,27-29,31-35,45H,1-2,8,14,19-22H2,3-5H3,(H,42,46)/t27?,28-,29-,31-,32+,33-,34-,35-,39+/m0/s1. The van der Waals surface area contributed by atoms with Crippen LogP contribution >= 0.6 is 27.5 Å². The minimum atomic E-state index is -1.42. The molecule has 52 heavy (non-hydrogen) atoms. The fourth-order valence-electron chi connectivity index (χ4n) is 7.94. The van der Waals surface area contributed by atoms with Gasteiger partial charge in [-0.3, -0.25) is 19.2 Å². The second kappa shape index (κ2) is 17.1. The molecule has 3 heterocycles. The van der Waals surface area contributed by atoms with Crippen LogP contribution in [0.5, 0.6) is 0 Å². The third-order valence-electron chi connectivity index (χ3n) is 10.3. The van der Waals surface area contributed by atoms with Gasteiger partial charge in [-0.2, -0.15) is 0 Å². The van der Waals surface area contributed by atoms with E-state index in [0.29, 0.717) is 22.7 Å². The van der Waals surface area contributed by atoms with Gasteiger partial charge in [-0.1, -0.05) is 83.9 Å². The number of methoxy groups -OCH3 is 1. The second-order valence-corrected chi connectivity index (χ2v) is 15.5. The van der Waals surface area contributed by atoms with Crippen LogP contribution in [0.3, 0.4) is 0 Å². The number of nitrogens with one attached hydrogen (secondary N) is 1. The molecule has 0 radical (unpaired) electrons. The molecule has 13 heteroatoms. The lowest BCUT2D eigenvalue weighted by atomic mass is 9.70. The van der Waals surface area contributed by atoms with Gasteiger partial charge in [-0.25, -0.2) is 0 Å². The number of amides is 3. The Hall–Kier alpha value is -3.55. The molecule has 3 aliphatic rings. The van der Waals surface area contributed by atoms with E-state index < -0.39 is 77.0 Å². The number of aliphatic hydroxyl groups excluding tert-OH is 1. The maximum Gasteiger partial charge on any atom is 0.313 e. The summed E-state index contributed by atoms with van der Waals surface area (Å²) in [6, 6.07) is 13.1. The van der Waals surface area contributed by atoms with Gasteiger partial charge in [-0.15, -0.1) is 13.2 Å². The highest BCUT2D eigenvalue weighted by atomic mass is 79.9. The summed E-state index contributed by atoms with van der Waals surface area (Å²) < 4.78 is 18.5. The summed E-state index contributed by atoms with van der Waals surface area (Å²) in [6.07, 6.45) is 2.37. The largest absolute Gasteiger partial charge is 0.455 e. The van der Waals surface area contributed by atoms with Crippen LogP contribution in [0.1, 0.15) is 44.8 Å². The van der Waals surface area contributed by atoms with E-state index in [2.05, 4.69) is 34.4 Å². The molecule has 280 valence electrons. The lowest BCUT2D eigenvalue weighted by Gasteiger charge is -2.40. The molecule has 1 unspecified atom stereocenters. The first-order chi connectivity index (χ1) is 24.9. The fourth-order valence-corrected chi connectivity index (χ4v) is 9.01. The molecule has 2 bridgehead atoms. The maximum absolute atomic E-state index is 14.9. The third kappa shape index (κ3) is 7.59. The molecule has 3 amide bonds. The Bertz CT molecular complexity index is 1630. The molecular formula is C39H47BrClN3O8. The van der Waals surface area contributed by atoms with Crippen LogP contribution in [0.2, 0.25) is 5.02 Å². The van der Waals surface area contributed by atoms with Crippen molar-refractivity contribution < 1.29 is 38.5 Å². The number of benzene rings is 2. The predicted molar refractivity (Wildman–Crippen MR) is 201 cm³/mol. The SMILES string of the molecule is C=CCCC(=O)N[C@@H](COC)[C@@H](OC(=O)[C@@H]1[C@H]2O[C@@]3(CC2Br)[C@H](C(=O)N(CC=C)c2ccc(Cl)cc2)N([C@@H](CO)C(C)C)C(=O)[C@@H]13)c1ccccc1. The third-order valence-corrected chi connectivity index (χ3v) is 11.4. The fraction of sp³-hybridized carbons (Fsp3) is 0.487. The molecule has 3 fully saturated rings. The quantitative estimate of drug-likeness (QED) is 0.130. The molecule has 5 rings (SSSR count). The molecule has 2 aromatic carbocycles. The van der Waals surface area contributed by atoms with Gasteiger partial charge in [0.15, 0.2) is 0 Å². The summed E-state index contributed by atoms with van der Waals surface area (Å²) in [5.41, 5.74) is -0.264. The van der Waals surface area contributed by atoms with Crippen molar-refractivity contribution >= 4 is 56.9 Å². The molecule has 9 atom stereocenters. The van der Waals surface area contributed by atoms with Crippen molar-refractivity contribution in [2.45, 2.75) is 73.9 Å². The van der Waals surface area contributed by atoms with Crippen molar-refractivity contribution in [3.05, 3.63) is 90.5 Å². The number of allylic oxidation sites excluding steroid dienone is 1. The monoisotopic (exact) mass is 799 g/mol. The average Bonchev–Trinajstić information content (AvgIpc) is 3.72. The Balaban J connectivity index is 1.56. The van der Waals surface area contributed by atoms with Gasteiger partial charge < -0.3 is 34.4 Å². The van der Waals surface area contributed by atoms with E-state index in [4.69, 9.17) is 25.8 Å². The normalized spacial score (nSPS) is 26.4. The number of anilines is 1. The maximum atomic E-state index is 14.9. The molecule has 0 aromatic heterocycles. The van der Waals surface area contributed by atoms with Crippen LogP contribution in [-0.2, 0) is 33.4 Å². The second-order valence-electron chi connectivity index (χ2n) is 13.8. The van der Waals surface area contributed by atoms with Gasteiger partial charge in [0.2, 0.25) is 11.8 Å². The molecular weight excluding hydrogens is 754 g/mol. The number of aliphatic hydroxyl groups is 1. The van der Waals surface area contributed by atoms with Gasteiger partial charge in [0.25, 0.3) is 5.91 Å². The van der Waals surface area contributed by atoms with E-state index in [1.165, 1.54) is 16.9 Å². The Morgan fingerprint density at radius 3 is 2.44 bits per heavy atom. The highest BCUT2D eigenvalue weighted by Gasteiger charge is 2.78. The minimum Gasteiger partial charge on any atom is -0.455 e. The first kappa shape index (κ1) is 39.7. The number of nitrogens with zero attached hydrogens (tertiary/aromatic N) is 2.